The summed E-state index contributed by atoms with van der Waals surface area (Å²) in [6.07, 6.45) is 3.70. The number of fused-ring (bicyclic) bond motifs is 1. The van der Waals surface area contributed by atoms with Crippen molar-refractivity contribution in [3.8, 4) is 23.1 Å². The first kappa shape index (κ1) is 34.0. The third-order valence-corrected chi connectivity index (χ3v) is 9.13. The topological polar surface area (TPSA) is 175 Å². The molecule has 4 aromatic rings. The van der Waals surface area contributed by atoms with Gasteiger partial charge in [0.1, 0.15) is 23.7 Å². The van der Waals surface area contributed by atoms with Gasteiger partial charge in [0, 0.05) is 24.2 Å². The second kappa shape index (κ2) is 14.7. The summed E-state index contributed by atoms with van der Waals surface area (Å²) in [4.78, 5) is 69.0. The van der Waals surface area contributed by atoms with Crippen molar-refractivity contribution >= 4 is 35.0 Å². The van der Waals surface area contributed by atoms with E-state index in [9.17, 15) is 19.2 Å². The predicted molar refractivity (Wildman–Crippen MR) is 183 cm³/mol. The third kappa shape index (κ3) is 7.26. The second-order valence-electron chi connectivity index (χ2n) is 12.5. The molecule has 0 spiro atoms. The van der Waals surface area contributed by atoms with E-state index in [0.717, 1.165) is 59.1 Å². The lowest BCUT2D eigenvalue weighted by Crippen LogP contribution is -2.46. The van der Waals surface area contributed by atoms with Gasteiger partial charge in [0.05, 0.1) is 49.2 Å². The number of carbonyl (C=O) groups excluding carboxylic acids is 4. The van der Waals surface area contributed by atoms with E-state index in [4.69, 9.17) is 4.98 Å². The molecule has 14 nitrogen and oxygen atoms in total. The van der Waals surface area contributed by atoms with E-state index >= 15 is 0 Å². The Balaban J connectivity index is 1.11. The molecule has 4 atom stereocenters. The molecule has 2 aliphatic rings. The number of likely N-dealkylation sites (tertiary alicyclic amines) is 2. The number of hydrogen-bond acceptors (Lipinski definition) is 8. The lowest BCUT2D eigenvalue weighted by Gasteiger charge is -2.26. The maximum atomic E-state index is 13.1. The van der Waals surface area contributed by atoms with Crippen LogP contribution in [0.25, 0.3) is 22.3 Å². The van der Waals surface area contributed by atoms with Gasteiger partial charge in [-0.3, -0.25) is 9.59 Å². The van der Waals surface area contributed by atoms with Crippen LogP contribution in [-0.2, 0) is 19.1 Å². The number of amides is 4. The van der Waals surface area contributed by atoms with Crippen molar-refractivity contribution in [3.63, 3.8) is 0 Å². The summed E-state index contributed by atoms with van der Waals surface area (Å²) in [7, 11) is 2.53. The van der Waals surface area contributed by atoms with Gasteiger partial charge >= 0.3 is 12.2 Å². The Morgan fingerprint density at radius 2 is 1.36 bits per heavy atom. The van der Waals surface area contributed by atoms with E-state index < -0.39 is 24.3 Å². The van der Waals surface area contributed by atoms with Crippen molar-refractivity contribution < 1.29 is 28.7 Å². The van der Waals surface area contributed by atoms with Crippen LogP contribution in [0, 0.1) is 11.8 Å². The summed E-state index contributed by atoms with van der Waals surface area (Å²) in [5, 5.41) is 5.09. The number of aromatic nitrogens is 4. The fraction of sp³-hybridized carbons (Fsp3) is 0.389. The van der Waals surface area contributed by atoms with Crippen molar-refractivity contribution in [1.82, 2.24) is 40.4 Å². The fourth-order valence-electron chi connectivity index (χ4n) is 6.52. The van der Waals surface area contributed by atoms with Gasteiger partial charge in [-0.25, -0.2) is 19.6 Å². The van der Waals surface area contributed by atoms with E-state index in [1.807, 2.05) is 42.5 Å². The van der Waals surface area contributed by atoms with Crippen molar-refractivity contribution in [2.75, 3.05) is 27.3 Å². The van der Waals surface area contributed by atoms with Gasteiger partial charge in [0.15, 0.2) is 0 Å². The van der Waals surface area contributed by atoms with Crippen LogP contribution in [0.3, 0.4) is 0 Å². The van der Waals surface area contributed by atoms with E-state index in [1.165, 1.54) is 14.2 Å². The maximum Gasteiger partial charge on any atom is 0.407 e. The van der Waals surface area contributed by atoms with Gasteiger partial charge in [-0.05, 0) is 75.4 Å². The molecular formula is C36H40N8O6. The number of benzene rings is 2. The Morgan fingerprint density at radius 3 is 1.96 bits per heavy atom. The Morgan fingerprint density at radius 1 is 0.800 bits per heavy atom. The molecule has 0 bridgehead atoms. The molecule has 0 aliphatic carbocycles. The van der Waals surface area contributed by atoms with Crippen LogP contribution in [0.15, 0.2) is 48.7 Å². The Hall–Kier alpha value is -5.84. The van der Waals surface area contributed by atoms with Crippen molar-refractivity contribution in [1.29, 1.82) is 0 Å². The highest BCUT2D eigenvalue weighted by Gasteiger charge is 2.36. The number of carbonyl (C=O) groups is 4. The summed E-state index contributed by atoms with van der Waals surface area (Å²) in [5.41, 5.74) is 5.04. The summed E-state index contributed by atoms with van der Waals surface area (Å²) in [6, 6.07) is 11.8. The fourth-order valence-corrected chi connectivity index (χ4v) is 6.52. The molecule has 6 rings (SSSR count). The number of H-pyrrole nitrogens is 2. The van der Waals surface area contributed by atoms with Crippen LogP contribution >= 0.6 is 0 Å². The van der Waals surface area contributed by atoms with Gasteiger partial charge in [-0.15, -0.1) is 0 Å². The molecule has 4 amide bonds. The highest BCUT2D eigenvalue weighted by Crippen LogP contribution is 2.33. The zero-order valence-electron chi connectivity index (χ0n) is 28.4. The molecule has 260 valence electrons. The van der Waals surface area contributed by atoms with Crippen LogP contribution in [0.4, 0.5) is 9.59 Å². The van der Waals surface area contributed by atoms with E-state index in [2.05, 4.69) is 46.9 Å². The molecule has 4 N–H and O–H groups in total. The van der Waals surface area contributed by atoms with Crippen LogP contribution in [-0.4, -0.2) is 93.1 Å². The van der Waals surface area contributed by atoms with Gasteiger partial charge in [-0.2, -0.15) is 0 Å². The molecular weight excluding hydrogens is 640 g/mol. The summed E-state index contributed by atoms with van der Waals surface area (Å²) < 4.78 is 9.26. The van der Waals surface area contributed by atoms with E-state index in [-0.39, 0.29) is 23.9 Å². The number of methoxy groups -OCH3 is 2. The standard InChI is InChI=1S/C36H40N8O6/c1-21(38-35(47)49-3)33(45)43-17-5-7-29(43)31-37-20-28(42-31)25-14-11-23(12-15-25)9-10-24-13-16-26-27(19-24)41-32(40-26)30-8-6-18-44(30)34(46)22(2)39-36(48)50-4/h11-16,19-22,29-30H,5-8,17-18H2,1-4H3,(H,37,42)(H,38,47)(H,39,48)(H,40,41)/t21-,22-,29-,30-/m0/s1. The van der Waals surface area contributed by atoms with Gasteiger partial charge in [-0.1, -0.05) is 24.0 Å². The number of nitrogens with zero attached hydrogens (tertiary/aromatic N) is 4. The largest absolute Gasteiger partial charge is 0.453 e. The van der Waals surface area contributed by atoms with Crippen molar-refractivity contribution in [2.24, 2.45) is 0 Å². The number of imidazole rings is 2. The molecule has 4 heterocycles. The first-order chi connectivity index (χ1) is 24.1. The maximum absolute atomic E-state index is 13.1. The molecule has 50 heavy (non-hydrogen) atoms. The lowest BCUT2D eigenvalue weighted by molar-refractivity contribution is -0.134. The third-order valence-electron chi connectivity index (χ3n) is 9.13. The minimum atomic E-state index is -0.714. The summed E-state index contributed by atoms with van der Waals surface area (Å²) in [6.45, 7) is 4.46. The number of rotatable bonds is 7. The second-order valence-corrected chi connectivity index (χ2v) is 12.5. The van der Waals surface area contributed by atoms with E-state index in [0.29, 0.717) is 24.7 Å². The van der Waals surface area contributed by atoms with E-state index in [1.54, 1.807) is 29.8 Å². The van der Waals surface area contributed by atoms with Crippen LogP contribution < -0.4 is 10.6 Å². The monoisotopic (exact) mass is 680 g/mol. The first-order valence-electron chi connectivity index (χ1n) is 16.6. The molecule has 0 saturated carbocycles. The Kier molecular flexibility index (Phi) is 10.0. The zero-order valence-corrected chi connectivity index (χ0v) is 28.4. The van der Waals surface area contributed by atoms with Crippen LogP contribution in [0.1, 0.15) is 74.4 Å². The molecule has 2 fully saturated rings. The molecule has 2 saturated heterocycles. The quantitative estimate of drug-likeness (QED) is 0.211. The van der Waals surface area contributed by atoms with Crippen LogP contribution in [0.2, 0.25) is 0 Å². The van der Waals surface area contributed by atoms with Gasteiger partial charge in [0.25, 0.3) is 0 Å². The number of aromatic amines is 2. The molecule has 0 unspecified atom stereocenters. The summed E-state index contributed by atoms with van der Waals surface area (Å²) >= 11 is 0. The minimum absolute atomic E-state index is 0.181. The number of ether oxygens (including phenoxy) is 2. The molecule has 2 aromatic carbocycles. The highest BCUT2D eigenvalue weighted by atomic mass is 16.5. The zero-order chi connectivity index (χ0) is 35.4. The van der Waals surface area contributed by atoms with Crippen molar-refractivity contribution in [2.45, 2.75) is 63.7 Å². The SMILES string of the molecule is COC(=O)N[C@@H](C)C(=O)N1CCC[C@H]1c1ncc(-c2ccc(C#Cc3ccc4nc([C@@H]5CCCN5C(=O)[C@H](C)NC(=O)OC)[nH]c4c3)cc2)[nH]1. The molecule has 2 aliphatic heterocycles. The Labute approximate surface area is 289 Å². The average molecular weight is 681 g/mol. The molecule has 14 heteroatoms. The number of nitrogens with one attached hydrogen (secondary N) is 4. The van der Waals surface area contributed by atoms with Gasteiger partial charge in [0.2, 0.25) is 11.8 Å². The first-order valence-corrected chi connectivity index (χ1v) is 16.6. The average Bonchev–Trinajstić information content (AvgIpc) is 3.95. The summed E-state index contributed by atoms with van der Waals surface area (Å²) in [5.74, 6) is 7.50. The predicted octanol–water partition coefficient (Wildman–Crippen LogP) is 4.17. The lowest BCUT2D eigenvalue weighted by atomic mass is 10.1. The highest BCUT2D eigenvalue weighted by molar-refractivity contribution is 5.86. The number of hydrogen-bond donors (Lipinski definition) is 4. The smallest absolute Gasteiger partial charge is 0.407 e. The minimum Gasteiger partial charge on any atom is -0.453 e. The van der Waals surface area contributed by atoms with Gasteiger partial charge < -0.3 is 39.9 Å². The number of alkyl carbamates (subject to hydrolysis) is 2. The molecule has 2 aromatic heterocycles. The molecule has 0 radical (unpaired) electrons. The van der Waals surface area contributed by atoms with Crippen LogP contribution in [0.5, 0.6) is 0 Å². The Bertz CT molecular complexity index is 1960. The van der Waals surface area contributed by atoms with Crippen molar-refractivity contribution in [3.05, 3.63) is 71.4 Å². The normalized spacial score (nSPS) is 18.2.